The molecule has 0 aromatic heterocycles. The highest BCUT2D eigenvalue weighted by Gasteiger charge is 2.12. The average Bonchev–Trinajstić information content (AvgIpc) is 2.16. The Labute approximate surface area is 84.1 Å². The van der Waals surface area contributed by atoms with Crippen molar-refractivity contribution in [1.82, 2.24) is 0 Å². The van der Waals surface area contributed by atoms with E-state index in [2.05, 4.69) is 0 Å². The first-order valence-corrected chi connectivity index (χ1v) is 3.96. The molecule has 1 aromatic rings. The maximum absolute atomic E-state index is 10.7. The molecule has 72 valence electrons. The molecule has 0 radical (unpaired) electrons. The van der Waals surface area contributed by atoms with E-state index < -0.39 is 11.2 Å². The van der Waals surface area contributed by atoms with Gasteiger partial charge in [-0.15, -0.1) is 0 Å². The summed E-state index contributed by atoms with van der Waals surface area (Å²) in [5.74, 6) is -1.27. The first-order valence-electron chi connectivity index (χ1n) is 3.58. The van der Waals surface area contributed by atoms with Crippen LogP contribution in [0.2, 0.25) is 0 Å². The summed E-state index contributed by atoms with van der Waals surface area (Å²) in [7, 11) is 0. The molecule has 4 nitrogen and oxygen atoms in total. The van der Waals surface area contributed by atoms with Crippen molar-refractivity contribution in [2.75, 3.05) is 0 Å². The third-order valence-electron chi connectivity index (χ3n) is 1.64. The number of benzene rings is 1. The summed E-state index contributed by atoms with van der Waals surface area (Å²) in [5, 5.41) is 7.93. The van der Waals surface area contributed by atoms with Crippen molar-refractivity contribution in [3.8, 4) is 0 Å². The fourth-order valence-corrected chi connectivity index (χ4v) is 1.08. The first kappa shape index (κ1) is 10.4. The van der Waals surface area contributed by atoms with Crippen molar-refractivity contribution < 1.29 is 19.5 Å². The lowest BCUT2D eigenvalue weighted by Gasteiger charge is -2.00. The summed E-state index contributed by atoms with van der Waals surface area (Å²) in [6, 6.07) is 3.61. The summed E-state index contributed by atoms with van der Waals surface area (Å²) >= 11 is 5.16. The number of carboxylic acids is 1. The Bertz CT molecular complexity index is 411. The van der Waals surface area contributed by atoms with Crippen LogP contribution in [-0.2, 0) is 0 Å². The zero-order valence-electron chi connectivity index (χ0n) is 6.86. The number of carbonyl (C=O) groups is 3. The summed E-state index contributed by atoms with van der Waals surface area (Å²) in [6.07, 6.45) is 0.409. The Balaban J connectivity index is 3.34. The molecule has 1 rings (SSSR count). The second-order valence-electron chi connectivity index (χ2n) is 2.50. The van der Waals surface area contributed by atoms with E-state index in [0.717, 1.165) is 6.07 Å². The average molecular weight is 213 g/mol. The number of rotatable bonds is 3. The number of aromatic carboxylic acids is 1. The quantitative estimate of drug-likeness (QED) is 0.610. The number of hydrogen-bond donors (Lipinski definition) is 1. The van der Waals surface area contributed by atoms with Crippen LogP contribution in [0.15, 0.2) is 18.2 Å². The smallest absolute Gasteiger partial charge is 0.336 e. The summed E-state index contributed by atoms with van der Waals surface area (Å²) in [6.45, 7) is 0. The van der Waals surface area contributed by atoms with E-state index in [1.165, 1.54) is 12.1 Å². The van der Waals surface area contributed by atoms with Crippen molar-refractivity contribution in [3.05, 3.63) is 34.9 Å². The van der Waals surface area contributed by atoms with Gasteiger partial charge in [0.2, 0.25) is 0 Å². The Morgan fingerprint density at radius 2 is 2.00 bits per heavy atom. The van der Waals surface area contributed by atoms with Crippen molar-refractivity contribution in [1.29, 1.82) is 0 Å². The van der Waals surface area contributed by atoms with Gasteiger partial charge < -0.3 is 5.11 Å². The van der Waals surface area contributed by atoms with Gasteiger partial charge in [-0.25, -0.2) is 4.79 Å². The SMILES string of the molecule is O=Cc1ccc(C(=O)Cl)cc1C(=O)O. The fraction of sp³-hybridized carbons (Fsp3) is 0. The van der Waals surface area contributed by atoms with Crippen molar-refractivity contribution in [3.63, 3.8) is 0 Å². The molecule has 0 heterocycles. The molecule has 0 saturated heterocycles. The Morgan fingerprint density at radius 3 is 2.43 bits per heavy atom. The van der Waals surface area contributed by atoms with Gasteiger partial charge in [-0.2, -0.15) is 0 Å². The highest BCUT2D eigenvalue weighted by atomic mass is 35.5. The van der Waals surface area contributed by atoms with Gasteiger partial charge in [0.05, 0.1) is 5.56 Å². The third-order valence-corrected chi connectivity index (χ3v) is 1.86. The molecule has 0 aliphatic rings. The standard InChI is InChI=1S/C9H5ClO4/c10-8(12)5-1-2-6(4-11)7(3-5)9(13)14/h1-4H,(H,13,14). The molecule has 5 heteroatoms. The lowest BCUT2D eigenvalue weighted by atomic mass is 10.1. The molecule has 0 atom stereocenters. The van der Waals surface area contributed by atoms with Crippen LogP contribution in [0.4, 0.5) is 0 Å². The highest BCUT2D eigenvalue weighted by Crippen LogP contribution is 2.12. The van der Waals surface area contributed by atoms with Crippen LogP contribution in [-0.4, -0.2) is 22.6 Å². The van der Waals surface area contributed by atoms with Crippen LogP contribution in [0.25, 0.3) is 0 Å². The fourth-order valence-electron chi connectivity index (χ4n) is 0.967. The highest BCUT2D eigenvalue weighted by molar-refractivity contribution is 6.67. The number of aldehydes is 1. The van der Waals surface area contributed by atoms with E-state index in [9.17, 15) is 14.4 Å². The maximum Gasteiger partial charge on any atom is 0.336 e. The monoisotopic (exact) mass is 212 g/mol. The number of hydrogen-bond acceptors (Lipinski definition) is 3. The van der Waals surface area contributed by atoms with Gasteiger partial charge in [0, 0.05) is 11.1 Å². The number of carbonyl (C=O) groups excluding carboxylic acids is 2. The molecule has 0 saturated carbocycles. The minimum absolute atomic E-state index is 0.0131. The molecule has 14 heavy (non-hydrogen) atoms. The van der Waals surface area contributed by atoms with E-state index in [-0.39, 0.29) is 16.7 Å². The molecule has 1 N–H and O–H groups in total. The number of carboxylic acid groups (broad SMARTS) is 1. The summed E-state index contributed by atoms with van der Waals surface area (Å²) in [5.41, 5.74) is -0.166. The van der Waals surface area contributed by atoms with Gasteiger partial charge in [0.15, 0.2) is 6.29 Å². The van der Waals surface area contributed by atoms with E-state index in [1.54, 1.807) is 0 Å². The Kier molecular flexibility index (Phi) is 2.99. The predicted octanol–water partition coefficient (Wildman–Crippen LogP) is 1.58. The van der Waals surface area contributed by atoms with Gasteiger partial charge in [0.1, 0.15) is 0 Å². The Morgan fingerprint density at radius 1 is 1.36 bits per heavy atom. The van der Waals surface area contributed by atoms with Crippen LogP contribution in [0.5, 0.6) is 0 Å². The zero-order chi connectivity index (χ0) is 10.7. The van der Waals surface area contributed by atoms with Crippen LogP contribution < -0.4 is 0 Å². The molecule has 0 amide bonds. The minimum Gasteiger partial charge on any atom is -0.478 e. The van der Waals surface area contributed by atoms with E-state index >= 15 is 0 Å². The normalized spacial score (nSPS) is 9.50. The van der Waals surface area contributed by atoms with Gasteiger partial charge in [-0.05, 0) is 23.7 Å². The first-order chi connectivity index (χ1) is 6.56. The maximum atomic E-state index is 10.7. The largest absolute Gasteiger partial charge is 0.478 e. The summed E-state index contributed by atoms with van der Waals surface area (Å²) in [4.78, 5) is 31.8. The van der Waals surface area contributed by atoms with Crippen molar-refractivity contribution in [2.24, 2.45) is 0 Å². The molecule has 0 bridgehead atoms. The van der Waals surface area contributed by atoms with Crippen molar-refractivity contribution in [2.45, 2.75) is 0 Å². The molecule has 1 aromatic carbocycles. The molecule has 0 aliphatic carbocycles. The summed E-state index contributed by atoms with van der Waals surface area (Å²) < 4.78 is 0. The second kappa shape index (κ2) is 4.02. The van der Waals surface area contributed by atoms with Gasteiger partial charge >= 0.3 is 5.97 Å². The molecule has 0 spiro atoms. The van der Waals surface area contributed by atoms with E-state index in [1.807, 2.05) is 0 Å². The molecule has 0 unspecified atom stereocenters. The molecular formula is C9H5ClO4. The number of halogens is 1. The molecule has 0 fully saturated rings. The van der Waals surface area contributed by atoms with E-state index in [4.69, 9.17) is 16.7 Å². The van der Waals surface area contributed by atoms with Crippen LogP contribution in [0, 0.1) is 0 Å². The van der Waals surface area contributed by atoms with Gasteiger partial charge in [0.25, 0.3) is 5.24 Å². The van der Waals surface area contributed by atoms with E-state index in [0.29, 0.717) is 6.29 Å². The zero-order valence-corrected chi connectivity index (χ0v) is 7.62. The van der Waals surface area contributed by atoms with Gasteiger partial charge in [-0.3, -0.25) is 9.59 Å². The van der Waals surface area contributed by atoms with Gasteiger partial charge in [-0.1, -0.05) is 6.07 Å². The Hall–Kier alpha value is -1.68. The van der Waals surface area contributed by atoms with Crippen molar-refractivity contribution >= 4 is 29.1 Å². The minimum atomic E-state index is -1.27. The van der Waals surface area contributed by atoms with Crippen LogP contribution in [0.3, 0.4) is 0 Å². The molecular weight excluding hydrogens is 208 g/mol. The third kappa shape index (κ3) is 1.97. The molecule has 0 aliphatic heterocycles. The topological polar surface area (TPSA) is 71.4 Å². The van der Waals surface area contributed by atoms with Crippen LogP contribution in [0.1, 0.15) is 31.1 Å². The van der Waals surface area contributed by atoms with Crippen LogP contribution >= 0.6 is 11.6 Å². The predicted molar refractivity (Wildman–Crippen MR) is 49.0 cm³/mol. The lowest BCUT2D eigenvalue weighted by molar-refractivity contribution is 0.0694. The lowest BCUT2D eigenvalue weighted by Crippen LogP contribution is -2.03. The second-order valence-corrected chi connectivity index (χ2v) is 2.84.